The number of halogens is 1. The third kappa shape index (κ3) is 3.28. The van der Waals surface area contributed by atoms with Crippen molar-refractivity contribution >= 4 is 23.5 Å². The van der Waals surface area contributed by atoms with Crippen molar-refractivity contribution in [1.82, 2.24) is 15.1 Å². The SMILES string of the molecule is CC[C@H](NC(=O)c1cc(C)n(-c2ccccc2Cl)n1)C(=O)O. The number of hydrogen-bond acceptors (Lipinski definition) is 3. The summed E-state index contributed by atoms with van der Waals surface area (Å²) in [5.41, 5.74) is 1.53. The number of carbonyl (C=O) groups excluding carboxylic acids is 1. The van der Waals surface area contributed by atoms with Gasteiger partial charge in [-0.2, -0.15) is 5.10 Å². The van der Waals surface area contributed by atoms with Crippen LogP contribution in [0.4, 0.5) is 0 Å². The number of aliphatic carboxylic acids is 1. The van der Waals surface area contributed by atoms with E-state index in [0.717, 1.165) is 5.69 Å². The number of carbonyl (C=O) groups is 2. The molecule has 22 heavy (non-hydrogen) atoms. The first-order valence-electron chi connectivity index (χ1n) is 6.79. The molecule has 0 spiro atoms. The number of nitrogens with zero attached hydrogens (tertiary/aromatic N) is 2. The van der Waals surface area contributed by atoms with Crippen molar-refractivity contribution < 1.29 is 14.7 Å². The Kier molecular flexibility index (Phi) is 4.82. The lowest BCUT2D eigenvalue weighted by atomic mass is 10.2. The van der Waals surface area contributed by atoms with Gasteiger partial charge in [0.15, 0.2) is 5.69 Å². The predicted molar refractivity (Wildman–Crippen MR) is 82.5 cm³/mol. The average molecular weight is 322 g/mol. The third-order valence-electron chi connectivity index (χ3n) is 3.21. The van der Waals surface area contributed by atoms with E-state index in [2.05, 4.69) is 10.4 Å². The van der Waals surface area contributed by atoms with Crippen molar-refractivity contribution in [3.63, 3.8) is 0 Å². The van der Waals surface area contributed by atoms with Crippen LogP contribution in [0.25, 0.3) is 5.69 Å². The maximum atomic E-state index is 12.1. The highest BCUT2D eigenvalue weighted by Gasteiger charge is 2.21. The molecule has 0 radical (unpaired) electrons. The van der Waals surface area contributed by atoms with E-state index in [-0.39, 0.29) is 5.69 Å². The maximum Gasteiger partial charge on any atom is 0.326 e. The second kappa shape index (κ2) is 6.62. The van der Waals surface area contributed by atoms with E-state index < -0.39 is 17.9 Å². The Morgan fingerprint density at radius 3 is 2.68 bits per heavy atom. The molecular formula is C15H16ClN3O3. The van der Waals surface area contributed by atoms with Crippen LogP contribution in [0.5, 0.6) is 0 Å². The minimum Gasteiger partial charge on any atom is -0.480 e. The molecule has 2 rings (SSSR count). The minimum absolute atomic E-state index is 0.150. The van der Waals surface area contributed by atoms with Crippen molar-refractivity contribution in [2.45, 2.75) is 26.3 Å². The zero-order chi connectivity index (χ0) is 16.3. The second-order valence-electron chi connectivity index (χ2n) is 4.81. The molecule has 1 atom stereocenters. The third-order valence-corrected chi connectivity index (χ3v) is 3.53. The first-order chi connectivity index (χ1) is 10.4. The van der Waals surface area contributed by atoms with Gasteiger partial charge in [0, 0.05) is 5.69 Å². The Morgan fingerprint density at radius 1 is 1.41 bits per heavy atom. The summed E-state index contributed by atoms with van der Waals surface area (Å²) in [5.74, 6) is -1.60. The fourth-order valence-corrected chi connectivity index (χ4v) is 2.24. The van der Waals surface area contributed by atoms with E-state index in [0.29, 0.717) is 17.1 Å². The van der Waals surface area contributed by atoms with Crippen LogP contribution < -0.4 is 5.32 Å². The van der Waals surface area contributed by atoms with Gasteiger partial charge in [0.25, 0.3) is 5.91 Å². The molecule has 0 fully saturated rings. The number of benzene rings is 1. The van der Waals surface area contributed by atoms with Crippen molar-refractivity contribution in [3.8, 4) is 5.69 Å². The molecule has 2 aromatic rings. The summed E-state index contributed by atoms with van der Waals surface area (Å²) in [6, 6.07) is 7.80. The molecule has 116 valence electrons. The molecule has 1 aromatic heterocycles. The number of carboxylic acids is 1. The lowest BCUT2D eigenvalue weighted by Gasteiger charge is -2.10. The Labute approximate surface area is 132 Å². The van der Waals surface area contributed by atoms with Crippen LogP contribution in [0, 0.1) is 6.92 Å². The topological polar surface area (TPSA) is 84.2 Å². The number of hydrogen-bond donors (Lipinski definition) is 2. The monoisotopic (exact) mass is 321 g/mol. The largest absolute Gasteiger partial charge is 0.480 e. The molecule has 0 saturated heterocycles. The van der Waals surface area contributed by atoms with Gasteiger partial charge in [0.05, 0.1) is 10.7 Å². The highest BCUT2D eigenvalue weighted by molar-refractivity contribution is 6.32. The zero-order valence-corrected chi connectivity index (χ0v) is 13.0. The van der Waals surface area contributed by atoms with Gasteiger partial charge in [-0.1, -0.05) is 30.7 Å². The number of nitrogens with one attached hydrogen (secondary N) is 1. The molecule has 1 heterocycles. The first kappa shape index (κ1) is 16.0. The minimum atomic E-state index is -1.07. The van der Waals surface area contributed by atoms with Crippen LogP contribution in [-0.2, 0) is 4.79 Å². The Hall–Kier alpha value is -2.34. The van der Waals surface area contributed by atoms with Gasteiger partial charge in [-0.3, -0.25) is 4.79 Å². The number of carboxylic acid groups (broad SMARTS) is 1. The van der Waals surface area contributed by atoms with Crippen molar-refractivity contribution in [1.29, 1.82) is 0 Å². The first-order valence-corrected chi connectivity index (χ1v) is 7.17. The van der Waals surface area contributed by atoms with Gasteiger partial charge in [0.2, 0.25) is 0 Å². The fourth-order valence-electron chi connectivity index (χ4n) is 2.02. The lowest BCUT2D eigenvalue weighted by Crippen LogP contribution is -2.40. The smallest absolute Gasteiger partial charge is 0.326 e. The standard InChI is InChI=1S/C15H16ClN3O3/c1-3-11(15(21)22)17-14(20)12-8-9(2)19(18-12)13-7-5-4-6-10(13)16/h4-8,11H,3H2,1-2H3,(H,17,20)(H,21,22)/t11-/m0/s1. The maximum absolute atomic E-state index is 12.1. The number of amides is 1. The fraction of sp³-hybridized carbons (Fsp3) is 0.267. The van der Waals surface area contributed by atoms with Crippen LogP contribution in [0.15, 0.2) is 30.3 Å². The quantitative estimate of drug-likeness (QED) is 0.885. The summed E-state index contributed by atoms with van der Waals surface area (Å²) in [5, 5.41) is 16.2. The van der Waals surface area contributed by atoms with Gasteiger partial charge < -0.3 is 10.4 Å². The summed E-state index contributed by atoms with van der Waals surface area (Å²) in [7, 11) is 0. The average Bonchev–Trinajstić information content (AvgIpc) is 2.86. The Morgan fingerprint density at radius 2 is 2.09 bits per heavy atom. The second-order valence-corrected chi connectivity index (χ2v) is 5.21. The molecule has 0 aliphatic carbocycles. The molecule has 1 aromatic carbocycles. The van der Waals surface area contributed by atoms with Gasteiger partial charge in [0.1, 0.15) is 6.04 Å². The van der Waals surface area contributed by atoms with E-state index in [4.69, 9.17) is 16.7 Å². The van der Waals surface area contributed by atoms with Crippen LogP contribution in [0.2, 0.25) is 5.02 Å². The van der Waals surface area contributed by atoms with Crippen LogP contribution in [0.1, 0.15) is 29.5 Å². The molecule has 2 N–H and O–H groups in total. The van der Waals surface area contributed by atoms with Crippen molar-refractivity contribution in [3.05, 3.63) is 46.7 Å². The van der Waals surface area contributed by atoms with Gasteiger partial charge in [-0.05, 0) is 31.5 Å². The summed E-state index contributed by atoms with van der Waals surface area (Å²) in [4.78, 5) is 23.1. The van der Waals surface area contributed by atoms with Gasteiger partial charge in [-0.25, -0.2) is 9.48 Å². The molecule has 0 unspecified atom stereocenters. The van der Waals surface area contributed by atoms with Crippen molar-refractivity contribution in [2.24, 2.45) is 0 Å². The number of para-hydroxylation sites is 1. The van der Waals surface area contributed by atoms with E-state index in [1.165, 1.54) is 0 Å². The molecule has 0 aliphatic heterocycles. The molecule has 1 amide bonds. The summed E-state index contributed by atoms with van der Waals surface area (Å²) in [6.45, 7) is 3.48. The Balaban J connectivity index is 2.28. The molecule has 0 bridgehead atoms. The summed E-state index contributed by atoms with van der Waals surface area (Å²) in [6.07, 6.45) is 0.297. The van der Waals surface area contributed by atoms with E-state index in [1.807, 2.05) is 6.07 Å². The summed E-state index contributed by atoms with van der Waals surface area (Å²) >= 11 is 6.13. The summed E-state index contributed by atoms with van der Waals surface area (Å²) < 4.78 is 1.55. The highest BCUT2D eigenvalue weighted by Crippen LogP contribution is 2.21. The van der Waals surface area contributed by atoms with Gasteiger partial charge >= 0.3 is 5.97 Å². The molecule has 7 heteroatoms. The molecule has 0 saturated carbocycles. The number of aryl methyl sites for hydroxylation is 1. The Bertz CT molecular complexity index is 712. The van der Waals surface area contributed by atoms with Crippen molar-refractivity contribution in [2.75, 3.05) is 0 Å². The van der Waals surface area contributed by atoms with E-state index in [1.54, 1.807) is 42.8 Å². The highest BCUT2D eigenvalue weighted by atomic mass is 35.5. The molecule has 6 nitrogen and oxygen atoms in total. The van der Waals surface area contributed by atoms with E-state index in [9.17, 15) is 9.59 Å². The lowest BCUT2D eigenvalue weighted by molar-refractivity contribution is -0.139. The number of rotatable bonds is 5. The zero-order valence-electron chi connectivity index (χ0n) is 12.2. The predicted octanol–water partition coefficient (Wildman–Crippen LogP) is 2.43. The van der Waals surface area contributed by atoms with Crippen LogP contribution >= 0.6 is 11.6 Å². The molecular weight excluding hydrogens is 306 g/mol. The number of aromatic nitrogens is 2. The van der Waals surface area contributed by atoms with Crippen LogP contribution in [-0.4, -0.2) is 32.8 Å². The molecule has 0 aliphatic rings. The normalized spacial score (nSPS) is 12.0. The van der Waals surface area contributed by atoms with Crippen LogP contribution in [0.3, 0.4) is 0 Å². The van der Waals surface area contributed by atoms with Gasteiger partial charge in [-0.15, -0.1) is 0 Å². The van der Waals surface area contributed by atoms with E-state index >= 15 is 0 Å².